The minimum Gasteiger partial charge on any atom is -0.393 e. The van der Waals surface area contributed by atoms with Crippen LogP contribution in [0.2, 0.25) is 0 Å². The van der Waals surface area contributed by atoms with Crippen LogP contribution in [-0.2, 0) is 6.54 Å². The molecule has 21 heavy (non-hydrogen) atoms. The summed E-state index contributed by atoms with van der Waals surface area (Å²) >= 11 is 0. The maximum Gasteiger partial charge on any atom is 0.0645 e. The summed E-state index contributed by atoms with van der Waals surface area (Å²) in [6.07, 6.45) is 5.97. The molecule has 4 nitrogen and oxygen atoms in total. The average Bonchev–Trinajstić information content (AvgIpc) is 2.89. The molecule has 112 valence electrons. The first-order valence-electron chi connectivity index (χ1n) is 7.74. The van der Waals surface area contributed by atoms with Crippen LogP contribution < -0.4 is 5.32 Å². The molecule has 1 saturated carbocycles. The van der Waals surface area contributed by atoms with Gasteiger partial charge in [0.05, 0.1) is 17.5 Å². The number of para-hydroxylation sites is 1. The second kappa shape index (κ2) is 6.41. The molecule has 0 atom stereocenters. The Balaban J connectivity index is 1.62. The largest absolute Gasteiger partial charge is 0.393 e. The molecular weight excluding hydrogens is 262 g/mol. The molecule has 0 bridgehead atoms. The number of hydrogen-bond acceptors (Lipinski definition) is 3. The Bertz CT molecular complexity index is 571. The lowest BCUT2D eigenvalue weighted by molar-refractivity contribution is 0.116. The van der Waals surface area contributed by atoms with E-state index in [0.29, 0.717) is 6.04 Å². The Morgan fingerprint density at radius 3 is 2.62 bits per heavy atom. The van der Waals surface area contributed by atoms with Crippen LogP contribution in [-0.4, -0.2) is 27.0 Å². The number of hydrogen-bond donors (Lipinski definition) is 2. The van der Waals surface area contributed by atoms with Gasteiger partial charge in [-0.05, 0) is 44.7 Å². The molecule has 4 heteroatoms. The standard InChI is InChI=1S/C17H23N3O/c1-13-14(11-18-15-7-9-17(21)10-8-15)12-20(19-13)16-5-3-2-4-6-16/h2-6,12,15,17-18,21H,7-11H2,1H3. The van der Waals surface area contributed by atoms with Crippen LogP contribution in [0.3, 0.4) is 0 Å². The summed E-state index contributed by atoms with van der Waals surface area (Å²) in [5.41, 5.74) is 3.40. The van der Waals surface area contributed by atoms with E-state index in [-0.39, 0.29) is 6.10 Å². The molecule has 0 aliphatic heterocycles. The second-order valence-corrected chi connectivity index (χ2v) is 5.91. The van der Waals surface area contributed by atoms with E-state index in [0.717, 1.165) is 43.6 Å². The zero-order chi connectivity index (χ0) is 14.7. The highest BCUT2D eigenvalue weighted by Crippen LogP contribution is 2.19. The van der Waals surface area contributed by atoms with E-state index in [1.54, 1.807) is 0 Å². The molecule has 0 radical (unpaired) electrons. The van der Waals surface area contributed by atoms with Gasteiger partial charge in [0, 0.05) is 24.3 Å². The number of aromatic nitrogens is 2. The molecule has 0 unspecified atom stereocenters. The van der Waals surface area contributed by atoms with E-state index in [4.69, 9.17) is 0 Å². The number of aliphatic hydroxyl groups excluding tert-OH is 1. The Morgan fingerprint density at radius 1 is 1.19 bits per heavy atom. The molecule has 1 aromatic heterocycles. The predicted molar refractivity (Wildman–Crippen MR) is 83.4 cm³/mol. The van der Waals surface area contributed by atoms with Gasteiger partial charge in [-0.2, -0.15) is 5.10 Å². The fourth-order valence-electron chi connectivity index (χ4n) is 2.92. The Labute approximate surface area is 125 Å². The third-order valence-electron chi connectivity index (χ3n) is 4.30. The summed E-state index contributed by atoms with van der Waals surface area (Å²) in [6.45, 7) is 2.90. The molecule has 0 saturated heterocycles. The first kappa shape index (κ1) is 14.3. The second-order valence-electron chi connectivity index (χ2n) is 5.91. The lowest BCUT2D eigenvalue weighted by Crippen LogP contribution is -2.34. The molecule has 0 amide bonds. The van der Waals surface area contributed by atoms with Crippen LogP contribution >= 0.6 is 0 Å². The van der Waals surface area contributed by atoms with E-state index < -0.39 is 0 Å². The van der Waals surface area contributed by atoms with Crippen molar-refractivity contribution in [2.45, 2.75) is 51.3 Å². The minimum atomic E-state index is -0.0920. The van der Waals surface area contributed by atoms with E-state index in [1.165, 1.54) is 5.56 Å². The summed E-state index contributed by atoms with van der Waals surface area (Å²) < 4.78 is 1.94. The third-order valence-corrected chi connectivity index (χ3v) is 4.30. The van der Waals surface area contributed by atoms with Crippen molar-refractivity contribution in [3.63, 3.8) is 0 Å². The molecule has 1 aromatic carbocycles. The Hall–Kier alpha value is -1.65. The number of nitrogens with one attached hydrogen (secondary N) is 1. The number of nitrogens with zero attached hydrogens (tertiary/aromatic N) is 2. The van der Waals surface area contributed by atoms with Crippen LogP contribution in [0.25, 0.3) is 5.69 Å². The lowest BCUT2D eigenvalue weighted by Gasteiger charge is -2.26. The first-order chi connectivity index (χ1) is 10.2. The van der Waals surface area contributed by atoms with Crippen LogP contribution in [0.15, 0.2) is 36.5 Å². The highest BCUT2D eigenvalue weighted by atomic mass is 16.3. The summed E-state index contributed by atoms with van der Waals surface area (Å²) in [4.78, 5) is 0. The SMILES string of the molecule is Cc1nn(-c2ccccc2)cc1CNC1CCC(O)CC1. The Kier molecular flexibility index (Phi) is 4.36. The number of aliphatic hydroxyl groups is 1. The predicted octanol–water partition coefficient (Wildman–Crippen LogP) is 2.57. The number of rotatable bonds is 4. The van der Waals surface area contributed by atoms with Crippen molar-refractivity contribution in [3.8, 4) is 5.69 Å². The molecular formula is C17H23N3O. The van der Waals surface area contributed by atoms with E-state index in [1.807, 2.05) is 22.9 Å². The van der Waals surface area contributed by atoms with Gasteiger partial charge in [-0.15, -0.1) is 0 Å². The van der Waals surface area contributed by atoms with Crippen molar-refractivity contribution in [2.75, 3.05) is 0 Å². The van der Waals surface area contributed by atoms with E-state index in [2.05, 4.69) is 35.7 Å². The smallest absolute Gasteiger partial charge is 0.0645 e. The van der Waals surface area contributed by atoms with E-state index in [9.17, 15) is 5.11 Å². The van der Waals surface area contributed by atoms with Crippen LogP contribution in [0, 0.1) is 6.92 Å². The van der Waals surface area contributed by atoms with Gasteiger partial charge in [-0.1, -0.05) is 18.2 Å². The highest BCUT2D eigenvalue weighted by Gasteiger charge is 2.19. The van der Waals surface area contributed by atoms with Gasteiger partial charge < -0.3 is 10.4 Å². The van der Waals surface area contributed by atoms with Crippen molar-refractivity contribution in [3.05, 3.63) is 47.8 Å². The lowest BCUT2D eigenvalue weighted by atomic mass is 9.93. The van der Waals surface area contributed by atoms with Crippen molar-refractivity contribution in [1.82, 2.24) is 15.1 Å². The minimum absolute atomic E-state index is 0.0920. The van der Waals surface area contributed by atoms with Crippen molar-refractivity contribution in [2.24, 2.45) is 0 Å². The van der Waals surface area contributed by atoms with Crippen LogP contribution in [0.1, 0.15) is 36.9 Å². The van der Waals surface area contributed by atoms with E-state index >= 15 is 0 Å². The molecule has 1 aliphatic carbocycles. The molecule has 2 aromatic rings. The zero-order valence-corrected chi connectivity index (χ0v) is 12.5. The van der Waals surface area contributed by atoms with Gasteiger partial charge in [-0.3, -0.25) is 0 Å². The van der Waals surface area contributed by atoms with Gasteiger partial charge in [0.25, 0.3) is 0 Å². The topological polar surface area (TPSA) is 50.1 Å². The average molecular weight is 285 g/mol. The highest BCUT2D eigenvalue weighted by molar-refractivity contribution is 5.32. The molecule has 1 aliphatic rings. The van der Waals surface area contributed by atoms with Crippen molar-refractivity contribution < 1.29 is 5.11 Å². The normalized spacial score (nSPS) is 22.4. The maximum atomic E-state index is 9.54. The number of aryl methyl sites for hydroxylation is 1. The summed E-state index contributed by atoms with van der Waals surface area (Å²) in [5, 5.41) is 17.7. The maximum absolute atomic E-state index is 9.54. The molecule has 1 fully saturated rings. The van der Waals surface area contributed by atoms with Gasteiger partial charge in [0.1, 0.15) is 0 Å². The van der Waals surface area contributed by atoms with Crippen molar-refractivity contribution >= 4 is 0 Å². The first-order valence-corrected chi connectivity index (χ1v) is 7.74. The molecule has 1 heterocycles. The fourth-order valence-corrected chi connectivity index (χ4v) is 2.92. The van der Waals surface area contributed by atoms with Crippen LogP contribution in [0.5, 0.6) is 0 Å². The summed E-state index contributed by atoms with van der Waals surface area (Å²) in [5.74, 6) is 0. The summed E-state index contributed by atoms with van der Waals surface area (Å²) in [6, 6.07) is 10.7. The van der Waals surface area contributed by atoms with Gasteiger partial charge in [0.2, 0.25) is 0 Å². The molecule has 0 spiro atoms. The van der Waals surface area contributed by atoms with Crippen LogP contribution in [0.4, 0.5) is 0 Å². The number of benzene rings is 1. The quantitative estimate of drug-likeness (QED) is 0.908. The molecule has 2 N–H and O–H groups in total. The molecule has 3 rings (SSSR count). The Morgan fingerprint density at radius 2 is 1.90 bits per heavy atom. The third kappa shape index (κ3) is 3.52. The fraction of sp³-hybridized carbons (Fsp3) is 0.471. The zero-order valence-electron chi connectivity index (χ0n) is 12.5. The van der Waals surface area contributed by atoms with Gasteiger partial charge in [0.15, 0.2) is 0 Å². The van der Waals surface area contributed by atoms with Crippen molar-refractivity contribution in [1.29, 1.82) is 0 Å². The van der Waals surface area contributed by atoms with Gasteiger partial charge in [-0.25, -0.2) is 4.68 Å². The monoisotopic (exact) mass is 285 g/mol. The summed E-state index contributed by atoms with van der Waals surface area (Å²) in [7, 11) is 0. The van der Waals surface area contributed by atoms with Gasteiger partial charge >= 0.3 is 0 Å².